The first-order valence-electron chi connectivity index (χ1n) is 7.99. The Morgan fingerprint density at radius 3 is 2.50 bits per heavy atom. The number of hydrogen-bond donors (Lipinski definition) is 2. The number of halogens is 2. The van der Waals surface area contributed by atoms with E-state index < -0.39 is 12.0 Å². The van der Waals surface area contributed by atoms with Gasteiger partial charge in [-0.3, -0.25) is 4.79 Å². The Morgan fingerprint density at radius 2 is 1.88 bits per heavy atom. The molecule has 0 atom stereocenters. The van der Waals surface area contributed by atoms with Gasteiger partial charge in [0.05, 0.1) is 5.56 Å². The molecule has 4 nitrogen and oxygen atoms in total. The molecule has 128 valence electrons. The largest absolute Gasteiger partial charge is 0.384 e. The molecule has 0 unspecified atom stereocenters. The van der Waals surface area contributed by atoms with Crippen LogP contribution in [0.2, 0.25) is 0 Å². The van der Waals surface area contributed by atoms with E-state index in [4.69, 9.17) is 0 Å². The Kier molecular flexibility index (Phi) is 4.66. The van der Waals surface area contributed by atoms with Gasteiger partial charge in [0, 0.05) is 25.5 Å². The average Bonchev–Trinajstić information content (AvgIpc) is 3.04. The highest BCUT2D eigenvalue weighted by molar-refractivity contribution is 5.95. The lowest BCUT2D eigenvalue weighted by molar-refractivity contribution is -0.122. The number of carbonyl (C=O) groups excluding carboxylic acids is 1. The summed E-state index contributed by atoms with van der Waals surface area (Å²) in [7, 11) is 0. The number of likely N-dealkylation sites (tertiary alicyclic amines) is 1. The van der Waals surface area contributed by atoms with E-state index in [9.17, 15) is 18.7 Å². The molecule has 0 aliphatic carbocycles. The number of nitrogens with one attached hydrogen (secondary N) is 1. The number of hydrogen-bond acceptors (Lipinski definition) is 2. The average molecular weight is 334 g/mol. The van der Waals surface area contributed by atoms with Gasteiger partial charge in [-0.25, -0.2) is 8.78 Å². The van der Waals surface area contributed by atoms with Crippen molar-refractivity contribution in [2.24, 2.45) is 0 Å². The van der Waals surface area contributed by atoms with Crippen LogP contribution >= 0.6 is 0 Å². The monoisotopic (exact) mass is 334 g/mol. The van der Waals surface area contributed by atoms with Crippen molar-refractivity contribution >= 4 is 5.91 Å². The fourth-order valence-electron chi connectivity index (χ4n) is 3.04. The molecule has 0 bridgehead atoms. The van der Waals surface area contributed by atoms with Crippen LogP contribution in [0.4, 0.5) is 8.78 Å². The summed E-state index contributed by atoms with van der Waals surface area (Å²) in [5, 5.41) is 9.83. The summed E-state index contributed by atoms with van der Waals surface area (Å²) in [6.45, 7) is 0.269. The maximum Gasteiger partial charge on any atom is 0.266 e. The Morgan fingerprint density at radius 1 is 1.21 bits per heavy atom. The van der Waals surface area contributed by atoms with Gasteiger partial charge in [0.1, 0.15) is 5.60 Å². The molecule has 2 aromatic rings. The second kappa shape index (κ2) is 6.73. The summed E-state index contributed by atoms with van der Waals surface area (Å²) in [5.74, 6) is -0.182. The number of piperidine rings is 1. The molecule has 1 fully saturated rings. The highest BCUT2D eigenvalue weighted by atomic mass is 19.3. The van der Waals surface area contributed by atoms with Crippen LogP contribution in [0, 0.1) is 0 Å². The van der Waals surface area contributed by atoms with E-state index >= 15 is 0 Å². The summed E-state index contributed by atoms with van der Waals surface area (Å²) in [6, 6.07) is 9.80. The van der Waals surface area contributed by atoms with Crippen molar-refractivity contribution in [1.82, 2.24) is 9.88 Å². The minimum Gasteiger partial charge on any atom is -0.384 e. The van der Waals surface area contributed by atoms with Crippen molar-refractivity contribution in [3.05, 3.63) is 59.4 Å². The van der Waals surface area contributed by atoms with Crippen molar-refractivity contribution in [2.75, 3.05) is 13.1 Å². The molecule has 1 aliphatic heterocycles. The minimum atomic E-state index is -2.78. The van der Waals surface area contributed by atoms with Crippen LogP contribution in [0.15, 0.2) is 42.7 Å². The van der Waals surface area contributed by atoms with E-state index in [1.54, 1.807) is 12.4 Å². The van der Waals surface area contributed by atoms with Gasteiger partial charge >= 0.3 is 0 Å². The summed E-state index contributed by atoms with van der Waals surface area (Å²) in [5.41, 5.74) is 0.557. The molecule has 1 aromatic carbocycles. The van der Waals surface area contributed by atoms with Gasteiger partial charge in [-0.1, -0.05) is 30.3 Å². The van der Waals surface area contributed by atoms with Gasteiger partial charge in [-0.15, -0.1) is 0 Å². The molecule has 0 radical (unpaired) electrons. The molecule has 24 heavy (non-hydrogen) atoms. The Bertz CT molecular complexity index is 692. The zero-order valence-electron chi connectivity index (χ0n) is 13.2. The number of benzene rings is 1. The Hall–Kier alpha value is -2.21. The molecular weight excluding hydrogens is 314 g/mol. The predicted molar refractivity (Wildman–Crippen MR) is 86.1 cm³/mol. The van der Waals surface area contributed by atoms with Crippen molar-refractivity contribution in [3.63, 3.8) is 0 Å². The van der Waals surface area contributed by atoms with Crippen molar-refractivity contribution < 1.29 is 18.7 Å². The standard InChI is InChI=1S/C18H20F2N2O2/c19-17(20)18(24)6-8-22(9-7-18)16(23)15-12-21-11-14(15)10-13-4-2-1-3-5-13/h1-5,11-12,17,21,24H,6-10H2. The second-order valence-electron chi connectivity index (χ2n) is 6.25. The Balaban J connectivity index is 1.70. The molecule has 2 N–H and O–H groups in total. The third kappa shape index (κ3) is 3.33. The predicted octanol–water partition coefficient (Wildman–Crippen LogP) is 2.84. The first-order valence-corrected chi connectivity index (χ1v) is 7.99. The zero-order valence-corrected chi connectivity index (χ0v) is 13.2. The van der Waals surface area contributed by atoms with Gasteiger partial charge in [0.15, 0.2) is 0 Å². The topological polar surface area (TPSA) is 56.3 Å². The normalized spacial score (nSPS) is 17.2. The van der Waals surface area contributed by atoms with Gasteiger partial charge in [0.25, 0.3) is 12.3 Å². The van der Waals surface area contributed by atoms with Gasteiger partial charge in [-0.2, -0.15) is 0 Å². The maximum atomic E-state index is 12.9. The van der Waals surface area contributed by atoms with Crippen LogP contribution in [0.5, 0.6) is 0 Å². The molecule has 2 heterocycles. The van der Waals surface area contributed by atoms with E-state index in [1.165, 1.54) is 4.90 Å². The summed E-state index contributed by atoms with van der Waals surface area (Å²) < 4.78 is 25.7. The number of aromatic nitrogens is 1. The van der Waals surface area contributed by atoms with Crippen LogP contribution < -0.4 is 0 Å². The quantitative estimate of drug-likeness (QED) is 0.903. The lowest BCUT2D eigenvalue weighted by Gasteiger charge is -2.37. The second-order valence-corrected chi connectivity index (χ2v) is 6.25. The van der Waals surface area contributed by atoms with Crippen LogP contribution in [-0.2, 0) is 6.42 Å². The maximum absolute atomic E-state index is 12.9. The molecule has 3 rings (SSSR count). The number of aromatic amines is 1. The number of H-pyrrole nitrogens is 1. The molecule has 6 heteroatoms. The molecule has 1 saturated heterocycles. The van der Waals surface area contributed by atoms with Crippen molar-refractivity contribution in [1.29, 1.82) is 0 Å². The van der Waals surface area contributed by atoms with Crippen molar-refractivity contribution in [3.8, 4) is 0 Å². The Labute approximate surface area is 139 Å². The molecule has 1 aromatic heterocycles. The minimum absolute atomic E-state index is 0.102. The van der Waals surface area contributed by atoms with Crippen LogP contribution in [0.25, 0.3) is 0 Å². The lowest BCUT2D eigenvalue weighted by Crippen LogP contribution is -2.50. The summed E-state index contributed by atoms with van der Waals surface area (Å²) in [6.07, 6.45) is 1.08. The van der Waals surface area contributed by atoms with Gasteiger partial charge in [0.2, 0.25) is 0 Å². The number of alkyl halides is 2. The first-order chi connectivity index (χ1) is 11.5. The summed E-state index contributed by atoms with van der Waals surface area (Å²) in [4.78, 5) is 17.2. The van der Waals surface area contributed by atoms with Crippen LogP contribution in [0.1, 0.15) is 34.3 Å². The van der Waals surface area contributed by atoms with Crippen LogP contribution in [0.3, 0.4) is 0 Å². The molecule has 0 spiro atoms. The summed E-state index contributed by atoms with van der Waals surface area (Å²) >= 11 is 0. The number of rotatable bonds is 4. The van der Waals surface area contributed by atoms with Gasteiger partial charge in [-0.05, 0) is 30.4 Å². The molecule has 1 amide bonds. The van der Waals surface area contributed by atoms with E-state index in [0.29, 0.717) is 12.0 Å². The third-order valence-corrected chi connectivity index (χ3v) is 4.62. The fraction of sp³-hybridized carbons (Fsp3) is 0.389. The molecule has 0 saturated carbocycles. The lowest BCUT2D eigenvalue weighted by atomic mass is 9.91. The van der Waals surface area contributed by atoms with E-state index in [-0.39, 0.29) is 31.8 Å². The highest BCUT2D eigenvalue weighted by Gasteiger charge is 2.41. The number of aliphatic hydroxyl groups is 1. The number of amides is 1. The SMILES string of the molecule is O=C(c1c[nH]cc1Cc1ccccc1)N1CCC(O)(C(F)F)CC1. The van der Waals surface area contributed by atoms with Gasteiger partial charge < -0.3 is 15.0 Å². The van der Waals surface area contributed by atoms with E-state index in [2.05, 4.69) is 4.98 Å². The smallest absolute Gasteiger partial charge is 0.266 e. The first kappa shape index (κ1) is 16.6. The molecular formula is C18H20F2N2O2. The zero-order chi connectivity index (χ0) is 17.2. The van der Waals surface area contributed by atoms with E-state index in [1.807, 2.05) is 30.3 Å². The molecule has 1 aliphatic rings. The van der Waals surface area contributed by atoms with E-state index in [0.717, 1.165) is 11.1 Å². The van der Waals surface area contributed by atoms with Crippen LogP contribution in [-0.4, -0.2) is 46.0 Å². The van der Waals surface area contributed by atoms with Crippen molar-refractivity contribution in [2.45, 2.75) is 31.3 Å². The number of nitrogens with zero attached hydrogens (tertiary/aromatic N) is 1. The highest BCUT2D eigenvalue weighted by Crippen LogP contribution is 2.29. The fourth-order valence-corrected chi connectivity index (χ4v) is 3.04. The number of carbonyl (C=O) groups is 1. The third-order valence-electron chi connectivity index (χ3n) is 4.62.